The second-order valence-corrected chi connectivity index (χ2v) is 8.52. The van der Waals surface area contributed by atoms with E-state index in [1.807, 2.05) is 12.1 Å². The molecule has 0 saturated carbocycles. The first-order valence-corrected chi connectivity index (χ1v) is 11.9. The van der Waals surface area contributed by atoms with E-state index < -0.39 is 23.3 Å². The van der Waals surface area contributed by atoms with Gasteiger partial charge in [-0.2, -0.15) is 0 Å². The van der Waals surface area contributed by atoms with E-state index in [0.29, 0.717) is 41.7 Å². The maximum absolute atomic E-state index is 14.7. The first-order valence-electron chi connectivity index (χ1n) is 11.9. The monoisotopic (exact) mass is 491 g/mol. The number of unbranched alkanes of at least 4 members (excludes halogenated alkanes) is 2. The average Bonchev–Trinajstić information content (AvgIpc) is 2.88. The Morgan fingerprint density at radius 3 is 2.33 bits per heavy atom. The standard InChI is InChI=1S/C30H25F4NO/c1-2-3-4-15-36-24-11-10-23(35-19-24)9-5-21-17-28(32)26(29(33)18-21)13-7-20-6-12-25-22(16-20)8-14-27(31)30(25)34/h6,8,10-12,14,16-19H,2-5,9,15H2,1H3. The summed E-state index contributed by atoms with van der Waals surface area (Å²) in [7, 11) is 0. The molecule has 0 aliphatic heterocycles. The Morgan fingerprint density at radius 1 is 0.806 bits per heavy atom. The molecule has 0 aliphatic rings. The number of benzene rings is 3. The fourth-order valence-corrected chi connectivity index (χ4v) is 3.83. The van der Waals surface area contributed by atoms with E-state index in [1.54, 1.807) is 12.3 Å². The minimum absolute atomic E-state index is 0.117. The van der Waals surface area contributed by atoms with Crippen LogP contribution in [0.4, 0.5) is 17.6 Å². The molecule has 4 aromatic rings. The zero-order chi connectivity index (χ0) is 25.5. The molecular formula is C30H25F4NO. The molecule has 0 spiro atoms. The smallest absolute Gasteiger partial charge is 0.166 e. The van der Waals surface area contributed by atoms with E-state index in [1.165, 1.54) is 30.3 Å². The van der Waals surface area contributed by atoms with Gasteiger partial charge >= 0.3 is 0 Å². The number of fused-ring (bicyclic) bond motifs is 1. The van der Waals surface area contributed by atoms with Crippen LogP contribution in [-0.4, -0.2) is 11.6 Å². The van der Waals surface area contributed by atoms with Gasteiger partial charge in [0.05, 0.1) is 18.4 Å². The Labute approximate surface area is 208 Å². The van der Waals surface area contributed by atoms with Gasteiger partial charge in [-0.1, -0.05) is 43.7 Å². The maximum atomic E-state index is 14.7. The number of aryl methyl sites for hydroxylation is 2. The van der Waals surface area contributed by atoms with Crippen LogP contribution >= 0.6 is 0 Å². The first kappa shape index (κ1) is 25.2. The lowest BCUT2D eigenvalue weighted by Gasteiger charge is -2.07. The highest BCUT2D eigenvalue weighted by Gasteiger charge is 2.11. The van der Waals surface area contributed by atoms with Gasteiger partial charge in [-0.3, -0.25) is 4.98 Å². The second kappa shape index (κ2) is 11.7. The van der Waals surface area contributed by atoms with Crippen LogP contribution in [0.5, 0.6) is 5.75 Å². The van der Waals surface area contributed by atoms with E-state index in [-0.39, 0.29) is 10.9 Å². The molecule has 0 saturated heterocycles. The van der Waals surface area contributed by atoms with Crippen LogP contribution in [0.15, 0.2) is 60.8 Å². The van der Waals surface area contributed by atoms with Crippen LogP contribution in [0, 0.1) is 35.1 Å². The Morgan fingerprint density at radius 2 is 1.61 bits per heavy atom. The van der Waals surface area contributed by atoms with Crippen molar-refractivity contribution in [1.82, 2.24) is 4.98 Å². The molecule has 0 amide bonds. The molecule has 0 bridgehead atoms. The second-order valence-electron chi connectivity index (χ2n) is 8.52. The van der Waals surface area contributed by atoms with Crippen LogP contribution < -0.4 is 4.74 Å². The number of halogens is 4. The lowest BCUT2D eigenvalue weighted by molar-refractivity contribution is 0.305. The topological polar surface area (TPSA) is 22.1 Å². The molecule has 0 aliphatic carbocycles. The van der Waals surface area contributed by atoms with Gasteiger partial charge in [0, 0.05) is 16.6 Å². The minimum Gasteiger partial charge on any atom is -0.492 e. The predicted molar refractivity (Wildman–Crippen MR) is 133 cm³/mol. The molecule has 36 heavy (non-hydrogen) atoms. The molecule has 0 N–H and O–H groups in total. The van der Waals surface area contributed by atoms with Crippen molar-refractivity contribution in [1.29, 1.82) is 0 Å². The summed E-state index contributed by atoms with van der Waals surface area (Å²) < 4.78 is 62.2. The Hall–Kier alpha value is -3.85. The summed E-state index contributed by atoms with van der Waals surface area (Å²) in [4.78, 5) is 4.37. The average molecular weight is 492 g/mol. The molecule has 0 fully saturated rings. The van der Waals surface area contributed by atoms with E-state index in [4.69, 9.17) is 4.74 Å². The maximum Gasteiger partial charge on any atom is 0.166 e. The fourth-order valence-electron chi connectivity index (χ4n) is 3.83. The first-order chi connectivity index (χ1) is 17.4. The normalized spacial score (nSPS) is 10.8. The number of nitrogens with zero attached hydrogens (tertiary/aromatic N) is 1. The third kappa shape index (κ3) is 6.23. The summed E-state index contributed by atoms with van der Waals surface area (Å²) in [6, 6.07) is 13.1. The van der Waals surface area contributed by atoms with Crippen LogP contribution in [0.25, 0.3) is 10.8 Å². The third-order valence-corrected chi connectivity index (χ3v) is 5.82. The number of rotatable bonds is 8. The SMILES string of the molecule is CCCCCOc1ccc(CCc2cc(F)c(C#Cc3ccc4c(F)c(F)ccc4c3)c(F)c2)nc1. The molecule has 0 unspecified atom stereocenters. The summed E-state index contributed by atoms with van der Waals surface area (Å²) in [5, 5.41) is 0.563. The summed E-state index contributed by atoms with van der Waals surface area (Å²) >= 11 is 0. The van der Waals surface area contributed by atoms with Crippen molar-refractivity contribution in [2.45, 2.75) is 39.0 Å². The number of ether oxygens (including phenoxy) is 1. The van der Waals surface area contributed by atoms with E-state index >= 15 is 0 Å². The predicted octanol–water partition coefficient (Wildman–Crippen LogP) is 7.55. The largest absolute Gasteiger partial charge is 0.492 e. The van der Waals surface area contributed by atoms with Gasteiger partial charge in [0.1, 0.15) is 17.4 Å². The van der Waals surface area contributed by atoms with Crippen molar-refractivity contribution >= 4 is 10.8 Å². The van der Waals surface area contributed by atoms with Crippen molar-refractivity contribution in [3.8, 4) is 17.6 Å². The number of aromatic nitrogens is 1. The summed E-state index contributed by atoms with van der Waals surface area (Å²) in [5.74, 6) is 2.55. The number of pyridine rings is 1. The van der Waals surface area contributed by atoms with Crippen LogP contribution in [-0.2, 0) is 12.8 Å². The highest BCUT2D eigenvalue weighted by Crippen LogP contribution is 2.22. The van der Waals surface area contributed by atoms with Crippen molar-refractivity contribution in [2.75, 3.05) is 6.61 Å². The molecule has 2 nitrogen and oxygen atoms in total. The minimum atomic E-state index is -0.943. The molecule has 4 rings (SSSR count). The zero-order valence-electron chi connectivity index (χ0n) is 19.9. The lowest BCUT2D eigenvalue weighted by atomic mass is 10.0. The van der Waals surface area contributed by atoms with Crippen molar-refractivity contribution in [3.05, 3.63) is 106 Å². The van der Waals surface area contributed by atoms with E-state index in [2.05, 4.69) is 23.7 Å². The molecular weight excluding hydrogens is 466 g/mol. The fraction of sp³-hybridized carbons (Fsp3) is 0.233. The van der Waals surface area contributed by atoms with E-state index in [9.17, 15) is 17.6 Å². The zero-order valence-corrected chi connectivity index (χ0v) is 19.9. The molecule has 3 aromatic carbocycles. The van der Waals surface area contributed by atoms with Crippen LogP contribution in [0.2, 0.25) is 0 Å². The molecule has 6 heteroatoms. The van der Waals surface area contributed by atoms with Gasteiger partial charge in [-0.25, -0.2) is 17.6 Å². The van der Waals surface area contributed by atoms with Crippen LogP contribution in [0.1, 0.15) is 48.6 Å². The highest BCUT2D eigenvalue weighted by molar-refractivity contribution is 5.84. The lowest BCUT2D eigenvalue weighted by Crippen LogP contribution is -2.00. The third-order valence-electron chi connectivity index (χ3n) is 5.82. The van der Waals surface area contributed by atoms with Gasteiger partial charge in [-0.15, -0.1) is 0 Å². The molecule has 184 valence electrons. The van der Waals surface area contributed by atoms with Gasteiger partial charge in [-0.05, 0) is 72.7 Å². The van der Waals surface area contributed by atoms with Crippen molar-refractivity contribution < 1.29 is 22.3 Å². The quantitative estimate of drug-likeness (QED) is 0.144. The van der Waals surface area contributed by atoms with Gasteiger partial charge in [0.2, 0.25) is 0 Å². The number of hydrogen-bond acceptors (Lipinski definition) is 2. The van der Waals surface area contributed by atoms with Gasteiger partial charge in [0.25, 0.3) is 0 Å². The number of hydrogen-bond donors (Lipinski definition) is 0. The Bertz CT molecular complexity index is 1400. The molecule has 1 aromatic heterocycles. The Kier molecular flexibility index (Phi) is 8.22. The van der Waals surface area contributed by atoms with E-state index in [0.717, 1.165) is 31.0 Å². The highest BCUT2D eigenvalue weighted by atomic mass is 19.2. The Balaban J connectivity index is 1.41. The van der Waals surface area contributed by atoms with Gasteiger partial charge in [0.15, 0.2) is 11.6 Å². The summed E-state index contributed by atoms with van der Waals surface area (Å²) in [6.45, 7) is 2.79. The summed E-state index contributed by atoms with van der Waals surface area (Å²) in [6.07, 6.45) is 5.85. The van der Waals surface area contributed by atoms with Crippen LogP contribution in [0.3, 0.4) is 0 Å². The van der Waals surface area contributed by atoms with Gasteiger partial charge < -0.3 is 4.74 Å². The molecule has 0 atom stereocenters. The summed E-state index contributed by atoms with van der Waals surface area (Å²) in [5.41, 5.74) is 1.39. The molecule has 0 radical (unpaired) electrons. The van der Waals surface area contributed by atoms with Crippen molar-refractivity contribution in [2.24, 2.45) is 0 Å². The molecule has 1 heterocycles. The van der Waals surface area contributed by atoms with Crippen molar-refractivity contribution in [3.63, 3.8) is 0 Å².